The molecule has 0 radical (unpaired) electrons. The lowest BCUT2D eigenvalue weighted by atomic mass is 10.0. The van der Waals surface area contributed by atoms with Gasteiger partial charge in [0.15, 0.2) is 22.8 Å². The summed E-state index contributed by atoms with van der Waals surface area (Å²) in [6.07, 6.45) is 6.90. The third kappa shape index (κ3) is 4.81. The summed E-state index contributed by atoms with van der Waals surface area (Å²) in [5.74, 6) is 2.12. The van der Waals surface area contributed by atoms with E-state index >= 15 is 0 Å². The lowest BCUT2D eigenvalue weighted by molar-refractivity contribution is 0.122. The number of allylic oxidation sites excluding steroid dienone is 1. The Hall–Kier alpha value is -4.15. The van der Waals surface area contributed by atoms with E-state index in [1.165, 1.54) is 0 Å². The maximum absolute atomic E-state index is 9.76. The third-order valence-electron chi connectivity index (χ3n) is 6.36. The maximum atomic E-state index is 9.76. The van der Waals surface area contributed by atoms with Crippen LogP contribution in [-0.4, -0.2) is 69.2 Å². The summed E-state index contributed by atoms with van der Waals surface area (Å²) in [6, 6.07) is 9.53. The number of pyridine rings is 1. The number of aliphatic imine (C=N–C) groups is 1. The summed E-state index contributed by atoms with van der Waals surface area (Å²) in [5.41, 5.74) is 11.7. The first kappa shape index (κ1) is 24.5. The van der Waals surface area contributed by atoms with Crippen LogP contribution >= 0.6 is 0 Å². The zero-order valence-corrected chi connectivity index (χ0v) is 21.0. The molecule has 0 spiro atoms. The number of aliphatic hydroxyl groups excluding tert-OH is 1. The fourth-order valence-electron chi connectivity index (χ4n) is 4.49. The first-order chi connectivity index (χ1) is 18.1. The van der Waals surface area contributed by atoms with Crippen LogP contribution in [0.1, 0.15) is 18.1 Å². The number of fused-ring (bicyclic) bond motifs is 1. The molecule has 1 aliphatic heterocycles. The molecule has 5 rings (SSSR count). The second-order valence-corrected chi connectivity index (χ2v) is 8.63. The highest BCUT2D eigenvalue weighted by atomic mass is 16.5. The van der Waals surface area contributed by atoms with Crippen LogP contribution in [0, 0.1) is 0 Å². The molecule has 0 bridgehead atoms. The van der Waals surface area contributed by atoms with E-state index in [9.17, 15) is 5.11 Å². The van der Waals surface area contributed by atoms with Crippen molar-refractivity contribution in [1.29, 1.82) is 0 Å². The minimum absolute atomic E-state index is 0.0980. The van der Waals surface area contributed by atoms with Crippen molar-refractivity contribution >= 4 is 28.9 Å². The van der Waals surface area contributed by atoms with Gasteiger partial charge in [-0.1, -0.05) is 12.1 Å². The van der Waals surface area contributed by atoms with Crippen LogP contribution in [0.2, 0.25) is 0 Å². The van der Waals surface area contributed by atoms with Crippen LogP contribution in [0.3, 0.4) is 0 Å². The van der Waals surface area contributed by atoms with Crippen molar-refractivity contribution in [3.63, 3.8) is 0 Å². The Labute approximate surface area is 215 Å². The highest BCUT2D eigenvalue weighted by Gasteiger charge is 2.24. The summed E-state index contributed by atoms with van der Waals surface area (Å²) in [7, 11) is 1.69. The minimum Gasteiger partial charge on any atom is -0.398 e. The number of imidazole rings is 1. The largest absolute Gasteiger partial charge is 0.398 e. The van der Waals surface area contributed by atoms with Gasteiger partial charge in [0.1, 0.15) is 5.82 Å². The van der Waals surface area contributed by atoms with Gasteiger partial charge in [-0.3, -0.25) is 9.98 Å². The first-order valence-electron chi connectivity index (χ1n) is 12.3. The van der Waals surface area contributed by atoms with E-state index in [4.69, 9.17) is 25.4 Å². The molecule has 10 nitrogen and oxygen atoms in total. The summed E-state index contributed by atoms with van der Waals surface area (Å²) >= 11 is 0. The van der Waals surface area contributed by atoms with E-state index in [-0.39, 0.29) is 6.61 Å². The molecule has 3 aromatic heterocycles. The lowest BCUT2D eigenvalue weighted by Crippen LogP contribution is -2.37. The molecule has 37 heavy (non-hydrogen) atoms. The van der Waals surface area contributed by atoms with Gasteiger partial charge >= 0.3 is 0 Å². The van der Waals surface area contributed by atoms with E-state index < -0.39 is 0 Å². The predicted molar refractivity (Wildman–Crippen MR) is 145 cm³/mol. The predicted octanol–water partition coefficient (Wildman–Crippen LogP) is 2.90. The molecule has 10 heteroatoms. The number of morpholine rings is 1. The number of nitrogens with two attached hydrogens (primary N) is 1. The van der Waals surface area contributed by atoms with E-state index in [0.29, 0.717) is 44.4 Å². The Balaban J connectivity index is 1.78. The quantitative estimate of drug-likeness (QED) is 0.372. The average molecular weight is 499 g/mol. The van der Waals surface area contributed by atoms with Crippen molar-refractivity contribution in [1.82, 2.24) is 24.5 Å². The molecule has 1 aliphatic rings. The van der Waals surface area contributed by atoms with Gasteiger partial charge in [-0.2, -0.15) is 0 Å². The van der Waals surface area contributed by atoms with E-state index in [1.54, 1.807) is 31.7 Å². The highest BCUT2D eigenvalue weighted by Crippen LogP contribution is 2.34. The topological polar surface area (TPSA) is 128 Å². The Morgan fingerprint density at radius 2 is 1.92 bits per heavy atom. The van der Waals surface area contributed by atoms with Crippen LogP contribution in [0.15, 0.2) is 53.8 Å². The molecule has 1 aromatic carbocycles. The second-order valence-electron chi connectivity index (χ2n) is 8.63. The van der Waals surface area contributed by atoms with Crippen LogP contribution in [0.5, 0.6) is 0 Å². The Morgan fingerprint density at radius 3 is 2.62 bits per heavy atom. The fourth-order valence-corrected chi connectivity index (χ4v) is 4.49. The van der Waals surface area contributed by atoms with Crippen LogP contribution in [0.4, 0.5) is 5.82 Å². The molecule has 4 aromatic rings. The number of nitrogens with zero attached hydrogens (tertiary/aromatic N) is 7. The Bertz CT molecular complexity index is 1460. The number of hydrogen-bond acceptors (Lipinski definition) is 9. The number of benzene rings is 1. The van der Waals surface area contributed by atoms with Crippen molar-refractivity contribution in [3.8, 4) is 22.8 Å². The molecule has 0 saturated carbocycles. The summed E-state index contributed by atoms with van der Waals surface area (Å²) in [5, 5.41) is 9.76. The Kier molecular flexibility index (Phi) is 7.20. The molecule has 3 N–H and O–H groups in total. The number of aryl methyl sites for hydroxylation is 1. The minimum atomic E-state index is -0.0980. The molecule has 0 atom stereocenters. The van der Waals surface area contributed by atoms with Crippen molar-refractivity contribution in [3.05, 3.63) is 59.9 Å². The zero-order chi connectivity index (χ0) is 25.8. The third-order valence-corrected chi connectivity index (χ3v) is 6.36. The standard InChI is InChI=1S/C27H30N8O2/c1-3-35-25(19-6-10-30-11-7-19)31-23-26(34-12-14-37-15-13-34)32-24(33-27(23)35)20-5-4-18(17-36)16-21(20)22(28)8-9-29-2/h4-11,16,36H,3,12-15,17,28H2,1-2H3. The van der Waals surface area contributed by atoms with Crippen LogP contribution in [0.25, 0.3) is 39.6 Å². The molecular formula is C27H30N8O2. The molecular weight excluding hydrogens is 468 g/mol. The molecule has 0 unspecified atom stereocenters. The van der Waals surface area contributed by atoms with Crippen molar-refractivity contribution in [2.45, 2.75) is 20.1 Å². The molecule has 4 heterocycles. The summed E-state index contributed by atoms with van der Waals surface area (Å²) in [6.45, 7) is 5.32. The van der Waals surface area contributed by atoms with Crippen molar-refractivity contribution < 1.29 is 9.84 Å². The van der Waals surface area contributed by atoms with E-state index in [1.807, 2.05) is 30.3 Å². The van der Waals surface area contributed by atoms with Crippen LogP contribution in [-0.2, 0) is 17.9 Å². The Morgan fingerprint density at radius 1 is 1.14 bits per heavy atom. The van der Waals surface area contributed by atoms with Gasteiger partial charge in [0.25, 0.3) is 0 Å². The van der Waals surface area contributed by atoms with Crippen molar-refractivity contribution in [2.24, 2.45) is 10.7 Å². The summed E-state index contributed by atoms with van der Waals surface area (Å²) < 4.78 is 7.71. The van der Waals surface area contributed by atoms with Gasteiger partial charge in [-0.25, -0.2) is 15.0 Å². The highest BCUT2D eigenvalue weighted by molar-refractivity contribution is 5.91. The smallest absolute Gasteiger partial charge is 0.166 e. The maximum Gasteiger partial charge on any atom is 0.166 e. The molecule has 0 aliphatic carbocycles. The van der Waals surface area contributed by atoms with E-state index in [2.05, 4.69) is 26.4 Å². The molecule has 0 amide bonds. The van der Waals surface area contributed by atoms with Gasteiger partial charge in [0.05, 0.1) is 19.8 Å². The molecule has 1 saturated heterocycles. The zero-order valence-electron chi connectivity index (χ0n) is 21.0. The normalized spacial score (nSPS) is 14.7. The molecule has 190 valence electrons. The number of hydrogen-bond donors (Lipinski definition) is 2. The molecule has 1 fully saturated rings. The van der Waals surface area contributed by atoms with Crippen LogP contribution < -0.4 is 10.6 Å². The number of aliphatic hydroxyl groups is 1. The first-order valence-corrected chi connectivity index (χ1v) is 12.3. The van der Waals surface area contributed by atoms with Crippen molar-refractivity contribution in [2.75, 3.05) is 38.3 Å². The fraction of sp³-hybridized carbons (Fsp3) is 0.296. The SMILES string of the molecule is CCn1c(-c2ccncc2)nc2c(N3CCOCC3)nc(-c3ccc(CO)cc3C(N)=CC=NC)nc21. The van der Waals surface area contributed by atoms with Gasteiger partial charge < -0.3 is 25.0 Å². The number of rotatable bonds is 7. The second kappa shape index (κ2) is 10.9. The average Bonchev–Trinajstić information content (AvgIpc) is 3.34. The lowest BCUT2D eigenvalue weighted by Gasteiger charge is -2.28. The van der Waals surface area contributed by atoms with E-state index in [0.717, 1.165) is 45.1 Å². The monoisotopic (exact) mass is 498 g/mol. The number of aromatic nitrogens is 5. The number of anilines is 1. The van der Waals surface area contributed by atoms with Gasteiger partial charge in [-0.15, -0.1) is 0 Å². The van der Waals surface area contributed by atoms with Gasteiger partial charge in [-0.05, 0) is 36.8 Å². The van der Waals surface area contributed by atoms with Gasteiger partial charge in [0, 0.05) is 67.7 Å². The number of ether oxygens (including phenoxy) is 1. The van der Waals surface area contributed by atoms with Gasteiger partial charge in [0.2, 0.25) is 0 Å². The summed E-state index contributed by atoms with van der Waals surface area (Å²) in [4.78, 5) is 25.5.